The third-order valence-electron chi connectivity index (χ3n) is 7.08. The highest BCUT2D eigenvalue weighted by atomic mass is 19.1. The molecule has 0 radical (unpaired) electrons. The summed E-state index contributed by atoms with van der Waals surface area (Å²) in [6, 6.07) is 5.35. The molecule has 4 heterocycles. The van der Waals surface area contributed by atoms with Crippen molar-refractivity contribution < 1.29 is 19.0 Å². The van der Waals surface area contributed by atoms with E-state index in [1.807, 2.05) is 30.8 Å². The normalized spacial score (nSPS) is 17.0. The fourth-order valence-electron chi connectivity index (χ4n) is 5.13. The molecular weight excluding hydrogens is 463 g/mol. The lowest BCUT2D eigenvalue weighted by Crippen LogP contribution is -2.50. The van der Waals surface area contributed by atoms with Gasteiger partial charge in [0, 0.05) is 57.3 Å². The number of aliphatic hydroxyl groups excluding tert-OH is 1. The minimum atomic E-state index is -0.533. The molecule has 1 aromatic carbocycles. The summed E-state index contributed by atoms with van der Waals surface area (Å²) in [5, 5.41) is 12.8. The van der Waals surface area contributed by atoms with Crippen LogP contribution < -0.4 is 10.1 Å². The average molecular weight is 495 g/mol. The maximum Gasteiger partial charge on any atom is 0.254 e. The number of rotatable bonds is 8. The highest BCUT2D eigenvalue weighted by Gasteiger charge is 2.33. The Morgan fingerprint density at radius 2 is 2.06 bits per heavy atom. The number of imidazole rings is 1. The van der Waals surface area contributed by atoms with E-state index in [1.54, 1.807) is 17.2 Å². The molecule has 1 amide bonds. The highest BCUT2D eigenvalue weighted by molar-refractivity contribution is 5.97. The Hall–Kier alpha value is -3.50. The molecule has 9 nitrogen and oxygen atoms in total. The van der Waals surface area contributed by atoms with E-state index < -0.39 is 5.82 Å². The van der Waals surface area contributed by atoms with Gasteiger partial charge in [0.2, 0.25) is 5.95 Å². The molecule has 1 saturated heterocycles. The zero-order valence-electron chi connectivity index (χ0n) is 20.7. The number of carbonyl (C=O) groups is 1. The first-order valence-electron chi connectivity index (χ1n) is 12.1. The molecule has 0 aliphatic carbocycles. The summed E-state index contributed by atoms with van der Waals surface area (Å²) in [4.78, 5) is 26.3. The van der Waals surface area contributed by atoms with Gasteiger partial charge in [0.05, 0.1) is 37.7 Å². The topological polar surface area (TPSA) is 95.8 Å². The smallest absolute Gasteiger partial charge is 0.254 e. The number of pyridine rings is 1. The third-order valence-corrected chi connectivity index (χ3v) is 7.08. The van der Waals surface area contributed by atoms with Crippen molar-refractivity contribution in [2.45, 2.75) is 38.6 Å². The second-order valence-corrected chi connectivity index (χ2v) is 9.43. The Morgan fingerprint density at radius 1 is 1.25 bits per heavy atom. The first kappa shape index (κ1) is 24.2. The molecule has 2 N–H and O–H groups in total. The van der Waals surface area contributed by atoms with Gasteiger partial charge in [-0.05, 0) is 36.1 Å². The van der Waals surface area contributed by atoms with Crippen molar-refractivity contribution in [2.75, 3.05) is 39.1 Å². The predicted octanol–water partition coefficient (Wildman–Crippen LogP) is 2.45. The van der Waals surface area contributed by atoms with Crippen LogP contribution in [0.25, 0.3) is 0 Å². The molecule has 10 heteroatoms. The molecule has 3 aromatic rings. The summed E-state index contributed by atoms with van der Waals surface area (Å²) in [5.74, 6) is 0.256. The number of likely N-dealkylation sites (tertiary alicyclic amines) is 1. The quantitative estimate of drug-likeness (QED) is 0.497. The van der Waals surface area contributed by atoms with Gasteiger partial charge in [0.15, 0.2) is 11.6 Å². The monoisotopic (exact) mass is 494 g/mol. The largest absolute Gasteiger partial charge is 0.494 e. The van der Waals surface area contributed by atoms with Gasteiger partial charge < -0.3 is 24.6 Å². The second-order valence-electron chi connectivity index (χ2n) is 9.43. The van der Waals surface area contributed by atoms with E-state index in [1.165, 1.54) is 7.11 Å². The Bertz CT molecular complexity index is 1270. The number of amides is 1. The number of nitrogens with one attached hydrogen (secondary N) is 1. The number of ether oxygens (including phenoxy) is 1. The second kappa shape index (κ2) is 9.87. The van der Waals surface area contributed by atoms with Crippen LogP contribution in [0, 0.1) is 5.82 Å². The van der Waals surface area contributed by atoms with Crippen LogP contribution >= 0.6 is 0 Å². The Morgan fingerprint density at radius 3 is 2.78 bits per heavy atom. The molecule has 2 aliphatic heterocycles. The Kier molecular flexibility index (Phi) is 6.63. The molecular formula is C26H31FN6O3. The summed E-state index contributed by atoms with van der Waals surface area (Å²) in [5.41, 5.74) is 4.43. The molecule has 1 atom stereocenters. The van der Waals surface area contributed by atoms with Crippen molar-refractivity contribution in [1.82, 2.24) is 24.3 Å². The lowest BCUT2D eigenvalue weighted by molar-refractivity contribution is -0.00311. The standard InChI is InChI=1S/C26H31FN6O3/c1-16(23-10-24(36-3)22(27)11-30-23)33-6-4-20-18(13-31-14-19(34)15-31)8-17(9-21(20)25(33)35)12-32-7-5-29-26(32)28-2/h5,7-11,16,19,34H,4,6,12-15H2,1-3H3,(H,28,29). The molecule has 1 unspecified atom stereocenters. The molecule has 5 rings (SSSR count). The fraction of sp³-hybridized carbons (Fsp3) is 0.423. The minimum Gasteiger partial charge on any atom is -0.494 e. The molecule has 2 aromatic heterocycles. The van der Waals surface area contributed by atoms with E-state index in [9.17, 15) is 14.3 Å². The van der Waals surface area contributed by atoms with Crippen molar-refractivity contribution >= 4 is 11.9 Å². The van der Waals surface area contributed by atoms with Crippen LogP contribution in [0.5, 0.6) is 5.75 Å². The molecule has 0 bridgehead atoms. The van der Waals surface area contributed by atoms with Crippen LogP contribution in [0.4, 0.5) is 10.3 Å². The van der Waals surface area contributed by atoms with Gasteiger partial charge >= 0.3 is 0 Å². The molecule has 1 fully saturated rings. The molecule has 190 valence electrons. The predicted molar refractivity (Wildman–Crippen MR) is 133 cm³/mol. The molecule has 36 heavy (non-hydrogen) atoms. The summed E-state index contributed by atoms with van der Waals surface area (Å²) in [7, 11) is 3.24. The van der Waals surface area contributed by atoms with Crippen LogP contribution in [0.1, 0.15) is 45.7 Å². The van der Waals surface area contributed by atoms with Gasteiger partial charge in [-0.15, -0.1) is 0 Å². The number of fused-ring (bicyclic) bond motifs is 1. The summed E-state index contributed by atoms with van der Waals surface area (Å²) < 4.78 is 21.0. The van der Waals surface area contributed by atoms with Crippen molar-refractivity contribution in [2.24, 2.45) is 0 Å². The fourth-order valence-corrected chi connectivity index (χ4v) is 5.13. The van der Waals surface area contributed by atoms with Crippen molar-refractivity contribution in [1.29, 1.82) is 0 Å². The number of halogens is 1. The summed E-state index contributed by atoms with van der Waals surface area (Å²) in [6.07, 6.45) is 5.20. The molecule has 0 spiro atoms. The SMILES string of the molecule is CNc1nccn1Cc1cc(CN2CC(O)C2)c2c(c1)C(=O)N(C(C)c1cc(OC)c(F)cn1)CC2. The number of nitrogens with zero attached hydrogens (tertiary/aromatic N) is 5. The van der Waals surface area contributed by atoms with Gasteiger partial charge in [0.25, 0.3) is 5.91 Å². The first-order valence-corrected chi connectivity index (χ1v) is 12.1. The average Bonchev–Trinajstić information content (AvgIpc) is 3.30. The lowest BCUT2D eigenvalue weighted by atomic mass is 9.89. The Balaban J connectivity index is 1.48. The number of aromatic nitrogens is 3. The summed E-state index contributed by atoms with van der Waals surface area (Å²) in [6.45, 7) is 4.97. The minimum absolute atomic E-state index is 0.0694. The van der Waals surface area contributed by atoms with E-state index in [2.05, 4.69) is 26.3 Å². The van der Waals surface area contributed by atoms with Gasteiger partial charge in [-0.3, -0.25) is 14.7 Å². The van der Waals surface area contributed by atoms with Gasteiger partial charge in [-0.25, -0.2) is 9.37 Å². The number of carbonyl (C=O) groups excluding carboxylic acids is 1. The zero-order chi connectivity index (χ0) is 25.4. The summed E-state index contributed by atoms with van der Waals surface area (Å²) >= 11 is 0. The number of β-amino-alcohol motifs (C(OH)–C–C–N with tert-alkyl or cyclic N) is 1. The van der Waals surface area contributed by atoms with Crippen LogP contribution in [0.15, 0.2) is 36.8 Å². The van der Waals surface area contributed by atoms with Crippen LogP contribution in [-0.4, -0.2) is 75.2 Å². The first-order chi connectivity index (χ1) is 17.4. The highest BCUT2D eigenvalue weighted by Crippen LogP contribution is 2.32. The molecule has 0 saturated carbocycles. The van der Waals surface area contributed by atoms with Gasteiger partial charge in [-0.2, -0.15) is 0 Å². The van der Waals surface area contributed by atoms with E-state index in [4.69, 9.17) is 4.74 Å². The zero-order valence-corrected chi connectivity index (χ0v) is 20.7. The van der Waals surface area contributed by atoms with E-state index in [0.717, 1.165) is 28.8 Å². The lowest BCUT2D eigenvalue weighted by Gasteiger charge is -2.38. The van der Waals surface area contributed by atoms with Crippen LogP contribution in [0.2, 0.25) is 0 Å². The number of methoxy groups -OCH3 is 1. The van der Waals surface area contributed by atoms with E-state index in [0.29, 0.717) is 50.4 Å². The number of hydrogen-bond donors (Lipinski definition) is 2. The van der Waals surface area contributed by atoms with Crippen LogP contribution in [-0.2, 0) is 19.5 Å². The number of hydrogen-bond acceptors (Lipinski definition) is 7. The van der Waals surface area contributed by atoms with E-state index >= 15 is 0 Å². The maximum absolute atomic E-state index is 13.9. The third kappa shape index (κ3) is 4.54. The van der Waals surface area contributed by atoms with Gasteiger partial charge in [0.1, 0.15) is 0 Å². The van der Waals surface area contributed by atoms with E-state index in [-0.39, 0.29) is 23.8 Å². The van der Waals surface area contributed by atoms with Crippen molar-refractivity contribution in [3.8, 4) is 5.75 Å². The number of anilines is 1. The van der Waals surface area contributed by atoms with Crippen molar-refractivity contribution in [3.05, 3.63) is 70.6 Å². The van der Waals surface area contributed by atoms with Gasteiger partial charge in [-0.1, -0.05) is 6.07 Å². The molecule has 2 aliphatic rings. The number of benzene rings is 1. The maximum atomic E-state index is 13.9. The number of aliphatic hydroxyl groups is 1. The van der Waals surface area contributed by atoms with Crippen LogP contribution in [0.3, 0.4) is 0 Å². The van der Waals surface area contributed by atoms with Crippen molar-refractivity contribution in [3.63, 3.8) is 0 Å². The Labute approximate surface area is 209 Å².